The van der Waals surface area contributed by atoms with E-state index in [0.29, 0.717) is 0 Å². The van der Waals surface area contributed by atoms with Crippen LogP contribution in [0, 0.1) is 20.2 Å². The Balaban J connectivity index is 2.32. The minimum Gasteiger partial charge on any atom is -0.275 e. The molecule has 0 atom stereocenters. The van der Waals surface area contributed by atoms with Gasteiger partial charge < -0.3 is 0 Å². The minimum absolute atomic E-state index is 0.0351. The Bertz CT molecular complexity index is 522. The van der Waals surface area contributed by atoms with Crippen LogP contribution in [0.4, 0.5) is 11.4 Å². The highest BCUT2D eigenvalue weighted by Crippen LogP contribution is 2.22. The van der Waals surface area contributed by atoms with Crippen LogP contribution < -0.4 is 0 Å². The number of nitrogens with one attached hydrogen (secondary N) is 2. The van der Waals surface area contributed by atoms with Gasteiger partial charge in [0.2, 0.25) is 0 Å². The lowest BCUT2D eigenvalue weighted by Crippen LogP contribution is -1.98. The SMILES string of the molecule is O=[N+]([O-])c1cn[nH]c1Cc1[nH]ncc1[N+](=O)[O-]. The molecule has 2 N–H and O–H groups in total. The highest BCUT2D eigenvalue weighted by Gasteiger charge is 2.22. The van der Waals surface area contributed by atoms with E-state index in [-0.39, 0.29) is 29.2 Å². The van der Waals surface area contributed by atoms with Gasteiger partial charge in [0.25, 0.3) is 0 Å². The third-order valence-electron chi connectivity index (χ3n) is 2.14. The average Bonchev–Trinajstić information content (AvgIpc) is 2.86. The van der Waals surface area contributed by atoms with Crippen molar-refractivity contribution >= 4 is 11.4 Å². The molecule has 88 valence electrons. The predicted octanol–water partition coefficient (Wildman–Crippen LogP) is 0.540. The normalized spacial score (nSPS) is 10.4. The first kappa shape index (κ1) is 10.7. The van der Waals surface area contributed by atoms with E-state index in [9.17, 15) is 20.2 Å². The largest absolute Gasteiger partial charge is 0.310 e. The van der Waals surface area contributed by atoms with E-state index < -0.39 is 9.85 Å². The second-order valence-electron chi connectivity index (χ2n) is 3.16. The first-order chi connectivity index (χ1) is 8.09. The molecule has 10 heteroatoms. The van der Waals surface area contributed by atoms with Gasteiger partial charge in [0, 0.05) is 6.42 Å². The van der Waals surface area contributed by atoms with Crippen LogP contribution in [0.1, 0.15) is 11.4 Å². The van der Waals surface area contributed by atoms with Gasteiger partial charge >= 0.3 is 11.4 Å². The summed E-state index contributed by atoms with van der Waals surface area (Å²) in [6.45, 7) is 0. The molecule has 0 saturated heterocycles. The fourth-order valence-electron chi connectivity index (χ4n) is 1.36. The molecule has 0 saturated carbocycles. The van der Waals surface area contributed by atoms with Crippen LogP contribution in [0.2, 0.25) is 0 Å². The van der Waals surface area contributed by atoms with Crippen LogP contribution in [0.5, 0.6) is 0 Å². The van der Waals surface area contributed by atoms with Crippen molar-refractivity contribution in [3.8, 4) is 0 Å². The quantitative estimate of drug-likeness (QED) is 0.587. The summed E-state index contributed by atoms with van der Waals surface area (Å²) in [7, 11) is 0. The van der Waals surface area contributed by atoms with Gasteiger partial charge in [-0.15, -0.1) is 0 Å². The van der Waals surface area contributed by atoms with Gasteiger partial charge in [-0.3, -0.25) is 30.4 Å². The second-order valence-corrected chi connectivity index (χ2v) is 3.16. The predicted molar refractivity (Wildman–Crippen MR) is 53.3 cm³/mol. The summed E-state index contributed by atoms with van der Waals surface area (Å²) in [4.78, 5) is 20.0. The van der Waals surface area contributed by atoms with Crippen molar-refractivity contribution in [3.05, 3.63) is 44.0 Å². The van der Waals surface area contributed by atoms with Crippen molar-refractivity contribution < 1.29 is 9.85 Å². The Hall–Kier alpha value is -2.78. The molecule has 0 aromatic carbocycles. The number of H-pyrrole nitrogens is 2. The van der Waals surface area contributed by atoms with Crippen molar-refractivity contribution in [1.29, 1.82) is 0 Å². The Morgan fingerprint density at radius 1 is 1.00 bits per heavy atom. The van der Waals surface area contributed by atoms with E-state index in [0.717, 1.165) is 12.4 Å². The number of rotatable bonds is 4. The Morgan fingerprint density at radius 3 is 1.76 bits per heavy atom. The lowest BCUT2D eigenvalue weighted by molar-refractivity contribution is -0.386. The molecule has 0 aliphatic carbocycles. The number of nitrogens with zero attached hydrogens (tertiary/aromatic N) is 4. The molecule has 2 heterocycles. The van der Waals surface area contributed by atoms with Gasteiger partial charge in [0.1, 0.15) is 23.8 Å². The molecule has 10 nitrogen and oxygen atoms in total. The van der Waals surface area contributed by atoms with E-state index >= 15 is 0 Å². The third-order valence-corrected chi connectivity index (χ3v) is 2.14. The van der Waals surface area contributed by atoms with Crippen molar-refractivity contribution in [2.45, 2.75) is 6.42 Å². The smallest absolute Gasteiger partial charge is 0.275 e. The van der Waals surface area contributed by atoms with E-state index in [2.05, 4.69) is 20.4 Å². The lowest BCUT2D eigenvalue weighted by Gasteiger charge is -1.94. The van der Waals surface area contributed by atoms with E-state index in [1.165, 1.54) is 0 Å². The highest BCUT2D eigenvalue weighted by molar-refractivity contribution is 5.40. The summed E-state index contributed by atoms with van der Waals surface area (Å²) >= 11 is 0. The van der Waals surface area contributed by atoms with Crippen LogP contribution >= 0.6 is 0 Å². The fraction of sp³-hybridized carbons (Fsp3) is 0.143. The van der Waals surface area contributed by atoms with Gasteiger partial charge in [0.15, 0.2) is 0 Å². The van der Waals surface area contributed by atoms with Crippen LogP contribution in [-0.4, -0.2) is 30.2 Å². The second kappa shape index (κ2) is 4.00. The first-order valence-corrected chi connectivity index (χ1v) is 4.43. The molecule has 2 rings (SSSR count). The van der Waals surface area contributed by atoms with Crippen molar-refractivity contribution in [2.75, 3.05) is 0 Å². The Kier molecular flexibility index (Phi) is 2.52. The van der Waals surface area contributed by atoms with E-state index in [4.69, 9.17) is 0 Å². The monoisotopic (exact) mass is 238 g/mol. The van der Waals surface area contributed by atoms with Crippen molar-refractivity contribution in [3.63, 3.8) is 0 Å². The number of hydrogen-bond donors (Lipinski definition) is 2. The number of aromatic nitrogens is 4. The molecule has 0 fully saturated rings. The molecule has 0 radical (unpaired) electrons. The summed E-state index contributed by atoms with van der Waals surface area (Å²) in [6, 6.07) is 0. The van der Waals surface area contributed by atoms with Gasteiger partial charge in [-0.05, 0) is 0 Å². The van der Waals surface area contributed by atoms with Crippen molar-refractivity contribution in [2.24, 2.45) is 0 Å². The molecule has 17 heavy (non-hydrogen) atoms. The minimum atomic E-state index is -0.610. The maximum Gasteiger partial charge on any atom is 0.310 e. The maximum atomic E-state index is 10.6. The zero-order valence-electron chi connectivity index (χ0n) is 8.28. The fourth-order valence-corrected chi connectivity index (χ4v) is 1.36. The third kappa shape index (κ3) is 1.95. The maximum absolute atomic E-state index is 10.6. The van der Waals surface area contributed by atoms with Gasteiger partial charge in [-0.2, -0.15) is 10.2 Å². The first-order valence-electron chi connectivity index (χ1n) is 4.43. The van der Waals surface area contributed by atoms with Crippen LogP contribution in [0.3, 0.4) is 0 Å². The van der Waals surface area contributed by atoms with Gasteiger partial charge in [-0.1, -0.05) is 0 Å². The zero-order chi connectivity index (χ0) is 12.4. The molecular weight excluding hydrogens is 232 g/mol. The Labute approximate surface area is 93.0 Å². The Morgan fingerprint density at radius 2 is 1.41 bits per heavy atom. The zero-order valence-corrected chi connectivity index (χ0v) is 8.28. The molecule has 0 unspecified atom stereocenters. The van der Waals surface area contributed by atoms with Gasteiger partial charge in [-0.25, -0.2) is 0 Å². The molecule has 2 aromatic heterocycles. The summed E-state index contributed by atoms with van der Waals surface area (Å²) in [5.41, 5.74) is -0.0625. The number of hydrogen-bond acceptors (Lipinski definition) is 6. The van der Waals surface area contributed by atoms with Crippen LogP contribution in [0.15, 0.2) is 12.4 Å². The topological polar surface area (TPSA) is 144 Å². The van der Waals surface area contributed by atoms with E-state index in [1.807, 2.05) is 0 Å². The highest BCUT2D eigenvalue weighted by atomic mass is 16.6. The molecule has 0 amide bonds. The summed E-state index contributed by atoms with van der Waals surface area (Å²) < 4.78 is 0. The van der Waals surface area contributed by atoms with Crippen LogP contribution in [-0.2, 0) is 6.42 Å². The molecule has 0 aliphatic rings. The number of aromatic amines is 2. The molecule has 0 bridgehead atoms. The average molecular weight is 238 g/mol. The van der Waals surface area contributed by atoms with Gasteiger partial charge in [0.05, 0.1) is 9.85 Å². The summed E-state index contributed by atoms with van der Waals surface area (Å²) in [6.07, 6.45) is 2.07. The summed E-state index contributed by atoms with van der Waals surface area (Å²) in [5, 5.41) is 33.1. The van der Waals surface area contributed by atoms with Crippen LogP contribution in [0.25, 0.3) is 0 Å². The molecule has 0 spiro atoms. The standard InChI is InChI=1S/C7H6N6O4/c14-12(15)6-2-8-10-4(6)1-5-7(13(16)17)3-9-11-5/h2-3H,1H2,(H,8,10)(H,9,11). The molecular formula is C7H6N6O4. The molecule has 2 aromatic rings. The molecule has 0 aliphatic heterocycles. The summed E-state index contributed by atoms with van der Waals surface area (Å²) in [5.74, 6) is 0. The lowest BCUT2D eigenvalue weighted by atomic mass is 10.2. The van der Waals surface area contributed by atoms with Crippen molar-refractivity contribution in [1.82, 2.24) is 20.4 Å². The van der Waals surface area contributed by atoms with E-state index in [1.54, 1.807) is 0 Å². The number of nitro groups is 2.